The standard InChI is InChI=1S/C11H17N5O2/c17-11(12-7-6-10-13-15-16-14-10)18-8-9-4-2-1-3-5-9/h1-5,10,13-16H,6-8H2,(H,12,17). The van der Waals surface area contributed by atoms with Crippen molar-refractivity contribution in [2.75, 3.05) is 6.54 Å². The van der Waals surface area contributed by atoms with Crippen molar-refractivity contribution >= 4 is 6.09 Å². The van der Waals surface area contributed by atoms with Gasteiger partial charge in [-0.25, -0.2) is 15.6 Å². The molecular formula is C11H17N5O2. The minimum atomic E-state index is -0.405. The molecule has 1 amide bonds. The first kappa shape index (κ1) is 12.8. The predicted octanol–water partition coefficient (Wildman–Crippen LogP) is -0.254. The number of benzene rings is 1. The van der Waals surface area contributed by atoms with Crippen LogP contribution in [0.4, 0.5) is 4.79 Å². The molecule has 18 heavy (non-hydrogen) atoms. The molecule has 0 bridgehead atoms. The van der Waals surface area contributed by atoms with Crippen molar-refractivity contribution in [3.8, 4) is 0 Å². The van der Waals surface area contributed by atoms with Crippen LogP contribution in [0, 0.1) is 0 Å². The molecule has 7 heteroatoms. The Morgan fingerprint density at radius 1 is 1.22 bits per heavy atom. The Bertz CT molecular complexity index is 367. The molecule has 0 atom stereocenters. The highest BCUT2D eigenvalue weighted by molar-refractivity contribution is 5.67. The van der Waals surface area contributed by atoms with Crippen LogP contribution in [-0.2, 0) is 11.3 Å². The van der Waals surface area contributed by atoms with Gasteiger partial charge in [-0.2, -0.15) is 11.1 Å². The molecule has 0 spiro atoms. The van der Waals surface area contributed by atoms with Gasteiger partial charge in [-0.3, -0.25) is 0 Å². The summed E-state index contributed by atoms with van der Waals surface area (Å²) in [7, 11) is 0. The molecule has 1 aromatic carbocycles. The minimum Gasteiger partial charge on any atom is -0.445 e. The van der Waals surface area contributed by atoms with E-state index in [0.717, 1.165) is 12.0 Å². The van der Waals surface area contributed by atoms with Crippen molar-refractivity contribution < 1.29 is 9.53 Å². The normalized spacial score (nSPS) is 15.6. The van der Waals surface area contributed by atoms with Crippen LogP contribution in [0.1, 0.15) is 12.0 Å². The van der Waals surface area contributed by atoms with E-state index in [1.165, 1.54) is 0 Å². The maximum Gasteiger partial charge on any atom is 0.407 e. The Hall–Kier alpha value is -1.67. The number of hydrogen-bond donors (Lipinski definition) is 5. The topological polar surface area (TPSA) is 86.5 Å². The smallest absolute Gasteiger partial charge is 0.407 e. The zero-order valence-corrected chi connectivity index (χ0v) is 9.90. The van der Waals surface area contributed by atoms with Gasteiger partial charge in [0.2, 0.25) is 0 Å². The number of hydrazine groups is 3. The van der Waals surface area contributed by atoms with Crippen molar-refractivity contribution in [1.29, 1.82) is 0 Å². The van der Waals surface area contributed by atoms with Crippen molar-refractivity contribution in [2.24, 2.45) is 0 Å². The maximum atomic E-state index is 11.4. The van der Waals surface area contributed by atoms with Gasteiger partial charge in [0.15, 0.2) is 0 Å². The van der Waals surface area contributed by atoms with E-state index in [0.29, 0.717) is 6.54 Å². The molecule has 7 nitrogen and oxygen atoms in total. The van der Waals surface area contributed by atoms with Crippen molar-refractivity contribution in [3.63, 3.8) is 0 Å². The molecule has 5 N–H and O–H groups in total. The summed E-state index contributed by atoms with van der Waals surface area (Å²) in [5.74, 6) is 0. The second-order valence-electron chi connectivity index (χ2n) is 3.87. The third-order valence-corrected chi connectivity index (χ3v) is 2.47. The number of amides is 1. The molecule has 1 saturated heterocycles. The first-order chi connectivity index (χ1) is 8.84. The Balaban J connectivity index is 1.57. The molecular weight excluding hydrogens is 234 g/mol. The summed E-state index contributed by atoms with van der Waals surface area (Å²) in [6.07, 6.45) is 0.414. The highest BCUT2D eigenvalue weighted by Gasteiger charge is 2.12. The van der Waals surface area contributed by atoms with Gasteiger partial charge in [0.05, 0.1) is 6.17 Å². The van der Waals surface area contributed by atoms with Crippen molar-refractivity contribution in [1.82, 2.24) is 27.2 Å². The summed E-state index contributed by atoms with van der Waals surface area (Å²) in [6.45, 7) is 0.817. The summed E-state index contributed by atoms with van der Waals surface area (Å²) in [4.78, 5) is 11.4. The predicted molar refractivity (Wildman–Crippen MR) is 65.6 cm³/mol. The van der Waals surface area contributed by atoms with Gasteiger partial charge < -0.3 is 10.1 Å². The zero-order valence-electron chi connectivity index (χ0n) is 9.90. The number of carbonyl (C=O) groups excluding carboxylic acids is 1. The maximum absolute atomic E-state index is 11.4. The fraction of sp³-hybridized carbons (Fsp3) is 0.364. The van der Waals surface area contributed by atoms with Crippen LogP contribution < -0.4 is 27.2 Å². The average Bonchev–Trinajstić information content (AvgIpc) is 2.91. The van der Waals surface area contributed by atoms with Gasteiger partial charge >= 0.3 is 6.09 Å². The van der Waals surface area contributed by atoms with Crippen LogP contribution in [-0.4, -0.2) is 18.8 Å². The van der Waals surface area contributed by atoms with Crippen LogP contribution in [0.2, 0.25) is 0 Å². The summed E-state index contributed by atoms with van der Waals surface area (Å²) in [5, 5.41) is 2.68. The van der Waals surface area contributed by atoms with E-state index in [9.17, 15) is 4.79 Å². The largest absolute Gasteiger partial charge is 0.445 e. The number of ether oxygens (including phenoxy) is 1. The number of nitrogens with one attached hydrogen (secondary N) is 5. The Kier molecular flexibility index (Phi) is 4.91. The lowest BCUT2D eigenvalue weighted by Crippen LogP contribution is -2.38. The molecule has 1 aliphatic heterocycles. The number of carbonyl (C=O) groups is 1. The van der Waals surface area contributed by atoms with Gasteiger partial charge in [-0.05, 0) is 12.0 Å². The number of hydrogen-bond acceptors (Lipinski definition) is 6. The first-order valence-electron chi connectivity index (χ1n) is 5.80. The molecule has 98 valence electrons. The van der Waals surface area contributed by atoms with Gasteiger partial charge in [0.1, 0.15) is 6.61 Å². The highest BCUT2D eigenvalue weighted by Crippen LogP contribution is 2.00. The van der Waals surface area contributed by atoms with Crippen LogP contribution in [0.25, 0.3) is 0 Å². The molecule has 1 fully saturated rings. The van der Waals surface area contributed by atoms with Crippen molar-refractivity contribution in [2.45, 2.75) is 19.2 Å². The van der Waals surface area contributed by atoms with Crippen LogP contribution in [0.15, 0.2) is 30.3 Å². The van der Waals surface area contributed by atoms with Crippen molar-refractivity contribution in [3.05, 3.63) is 35.9 Å². The highest BCUT2D eigenvalue weighted by atomic mass is 16.5. The van der Waals surface area contributed by atoms with E-state index < -0.39 is 6.09 Å². The fourth-order valence-corrected chi connectivity index (χ4v) is 1.52. The average molecular weight is 251 g/mol. The summed E-state index contributed by atoms with van der Waals surface area (Å²) < 4.78 is 5.07. The van der Waals surface area contributed by atoms with E-state index in [1.807, 2.05) is 30.3 Å². The van der Waals surface area contributed by atoms with Gasteiger partial charge in [0, 0.05) is 6.54 Å². The Morgan fingerprint density at radius 3 is 2.67 bits per heavy atom. The van der Waals surface area contributed by atoms with Gasteiger partial charge in [-0.1, -0.05) is 30.3 Å². The first-order valence-corrected chi connectivity index (χ1v) is 5.80. The molecule has 0 aliphatic carbocycles. The molecule has 0 saturated carbocycles. The van der Waals surface area contributed by atoms with Gasteiger partial charge in [0.25, 0.3) is 0 Å². The summed E-state index contributed by atoms with van der Waals surface area (Å²) in [5.41, 5.74) is 12.2. The second kappa shape index (κ2) is 6.92. The van der Waals surface area contributed by atoms with E-state index in [-0.39, 0.29) is 12.8 Å². The fourth-order valence-electron chi connectivity index (χ4n) is 1.52. The van der Waals surface area contributed by atoms with Crippen LogP contribution >= 0.6 is 0 Å². The molecule has 2 rings (SSSR count). The third kappa shape index (κ3) is 4.30. The Labute approximate surface area is 105 Å². The second-order valence-corrected chi connectivity index (χ2v) is 3.87. The zero-order chi connectivity index (χ0) is 12.6. The molecule has 1 aromatic rings. The molecule has 1 heterocycles. The quantitative estimate of drug-likeness (QED) is 0.496. The van der Waals surface area contributed by atoms with Crippen LogP contribution in [0.3, 0.4) is 0 Å². The molecule has 0 radical (unpaired) electrons. The summed E-state index contributed by atoms with van der Waals surface area (Å²) >= 11 is 0. The minimum absolute atomic E-state index is 0.0828. The van der Waals surface area contributed by atoms with E-state index in [2.05, 4.69) is 27.2 Å². The third-order valence-electron chi connectivity index (χ3n) is 2.47. The lowest BCUT2D eigenvalue weighted by Gasteiger charge is -2.10. The number of alkyl carbamates (subject to hydrolysis) is 1. The monoisotopic (exact) mass is 251 g/mol. The van der Waals surface area contributed by atoms with E-state index in [4.69, 9.17) is 4.74 Å². The Morgan fingerprint density at radius 2 is 1.94 bits per heavy atom. The molecule has 0 unspecified atom stereocenters. The van der Waals surface area contributed by atoms with Gasteiger partial charge in [-0.15, -0.1) is 0 Å². The SMILES string of the molecule is O=C(NCCC1NNNN1)OCc1ccccc1. The lowest BCUT2D eigenvalue weighted by molar-refractivity contribution is 0.139. The lowest BCUT2D eigenvalue weighted by atomic mass is 10.2. The number of rotatable bonds is 5. The van der Waals surface area contributed by atoms with Crippen LogP contribution in [0.5, 0.6) is 0 Å². The van der Waals surface area contributed by atoms with E-state index >= 15 is 0 Å². The van der Waals surface area contributed by atoms with E-state index in [1.54, 1.807) is 0 Å². The molecule has 1 aliphatic rings. The summed E-state index contributed by atoms with van der Waals surface area (Å²) in [6, 6.07) is 9.57. The molecule has 0 aromatic heterocycles.